The van der Waals surface area contributed by atoms with Crippen LogP contribution in [0.5, 0.6) is 5.75 Å². The van der Waals surface area contributed by atoms with Gasteiger partial charge in [0, 0.05) is 5.69 Å². The SMILES string of the molecule is CNS(=O)(=O)c1ccc(NC(=S)Nc2cc(C)ccc2OC)cc1. The molecule has 0 radical (unpaired) electrons. The molecule has 0 heterocycles. The number of thiocarbonyl (C=S) groups is 1. The van der Waals surface area contributed by atoms with Gasteiger partial charge in [0.15, 0.2) is 5.11 Å². The van der Waals surface area contributed by atoms with Crippen molar-refractivity contribution in [3.63, 3.8) is 0 Å². The number of rotatable bonds is 5. The van der Waals surface area contributed by atoms with Gasteiger partial charge in [-0.25, -0.2) is 13.1 Å². The Morgan fingerprint density at radius 2 is 1.75 bits per heavy atom. The van der Waals surface area contributed by atoms with Crippen LogP contribution in [0, 0.1) is 6.92 Å². The number of sulfonamides is 1. The lowest BCUT2D eigenvalue weighted by Crippen LogP contribution is -2.20. The van der Waals surface area contributed by atoms with Crippen LogP contribution in [-0.4, -0.2) is 27.7 Å². The predicted octanol–water partition coefficient (Wildman–Crippen LogP) is 2.72. The number of aryl methyl sites for hydroxylation is 1. The maximum Gasteiger partial charge on any atom is 0.240 e. The summed E-state index contributed by atoms with van der Waals surface area (Å²) in [5, 5.41) is 6.46. The first kappa shape index (κ1) is 18.2. The van der Waals surface area contributed by atoms with Crippen molar-refractivity contribution in [3.8, 4) is 5.75 Å². The summed E-state index contributed by atoms with van der Waals surface area (Å²) >= 11 is 5.29. The van der Waals surface area contributed by atoms with E-state index in [1.54, 1.807) is 19.2 Å². The van der Waals surface area contributed by atoms with Gasteiger partial charge in [-0.15, -0.1) is 0 Å². The molecular weight excluding hydrogens is 346 g/mol. The van der Waals surface area contributed by atoms with E-state index in [1.807, 2.05) is 25.1 Å². The van der Waals surface area contributed by atoms with Crippen LogP contribution in [0.1, 0.15) is 5.56 Å². The monoisotopic (exact) mass is 365 g/mol. The molecule has 2 aromatic rings. The van der Waals surface area contributed by atoms with E-state index in [4.69, 9.17) is 17.0 Å². The van der Waals surface area contributed by atoms with E-state index in [1.165, 1.54) is 19.2 Å². The third-order valence-electron chi connectivity index (χ3n) is 3.29. The zero-order chi connectivity index (χ0) is 17.7. The number of methoxy groups -OCH3 is 1. The first-order valence-electron chi connectivity index (χ1n) is 7.12. The molecule has 0 saturated heterocycles. The van der Waals surface area contributed by atoms with Crippen LogP contribution in [0.25, 0.3) is 0 Å². The average Bonchev–Trinajstić information content (AvgIpc) is 2.55. The number of hydrogen-bond acceptors (Lipinski definition) is 4. The van der Waals surface area contributed by atoms with Gasteiger partial charge < -0.3 is 15.4 Å². The molecule has 0 bridgehead atoms. The molecule has 0 aromatic heterocycles. The number of ether oxygens (including phenoxy) is 1. The molecule has 0 aliphatic carbocycles. The summed E-state index contributed by atoms with van der Waals surface area (Å²) in [5.74, 6) is 0.681. The molecule has 3 N–H and O–H groups in total. The van der Waals surface area contributed by atoms with Crippen molar-refractivity contribution in [2.45, 2.75) is 11.8 Å². The Morgan fingerprint density at radius 1 is 1.08 bits per heavy atom. The second-order valence-corrected chi connectivity index (χ2v) is 7.31. The van der Waals surface area contributed by atoms with Crippen LogP contribution in [0.15, 0.2) is 47.4 Å². The first-order chi connectivity index (χ1) is 11.4. The maximum atomic E-state index is 11.7. The summed E-state index contributed by atoms with van der Waals surface area (Å²) in [4.78, 5) is 0.190. The van der Waals surface area contributed by atoms with Crippen LogP contribution in [-0.2, 0) is 10.0 Å². The minimum Gasteiger partial charge on any atom is -0.495 e. The molecule has 8 heteroatoms. The van der Waals surface area contributed by atoms with Gasteiger partial charge in [0.25, 0.3) is 0 Å². The van der Waals surface area contributed by atoms with Gasteiger partial charge in [-0.3, -0.25) is 0 Å². The zero-order valence-corrected chi connectivity index (χ0v) is 15.2. The van der Waals surface area contributed by atoms with Crippen LogP contribution in [0.2, 0.25) is 0 Å². The standard InChI is InChI=1S/C16H19N3O3S2/c1-11-4-9-15(22-3)14(10-11)19-16(23)18-12-5-7-13(8-6-12)24(20,21)17-2/h4-10,17H,1-3H3,(H2,18,19,23). The van der Waals surface area contributed by atoms with E-state index in [-0.39, 0.29) is 4.90 Å². The minimum atomic E-state index is -3.45. The van der Waals surface area contributed by atoms with E-state index in [0.717, 1.165) is 11.3 Å². The van der Waals surface area contributed by atoms with Gasteiger partial charge in [0.1, 0.15) is 5.75 Å². The fourth-order valence-corrected chi connectivity index (χ4v) is 3.00. The number of nitrogens with one attached hydrogen (secondary N) is 3. The molecule has 0 aliphatic rings. The molecule has 2 aromatic carbocycles. The topological polar surface area (TPSA) is 79.5 Å². The molecule has 0 unspecified atom stereocenters. The Labute approximate surface area is 147 Å². The molecule has 2 rings (SSSR count). The summed E-state index contributed by atoms with van der Waals surface area (Å²) in [6, 6.07) is 12.0. The fraction of sp³-hybridized carbons (Fsp3) is 0.188. The summed E-state index contributed by atoms with van der Waals surface area (Å²) in [5.41, 5.74) is 2.50. The molecule has 0 aliphatic heterocycles. The van der Waals surface area contributed by atoms with Gasteiger partial charge in [-0.05, 0) is 68.2 Å². The smallest absolute Gasteiger partial charge is 0.240 e. The third-order valence-corrected chi connectivity index (χ3v) is 4.93. The fourth-order valence-electron chi connectivity index (χ4n) is 2.04. The quantitative estimate of drug-likeness (QED) is 0.707. The Bertz CT molecular complexity index is 834. The highest BCUT2D eigenvalue weighted by Crippen LogP contribution is 2.25. The number of hydrogen-bond donors (Lipinski definition) is 3. The zero-order valence-electron chi connectivity index (χ0n) is 13.6. The molecule has 128 valence electrons. The largest absolute Gasteiger partial charge is 0.495 e. The van der Waals surface area contributed by atoms with Crippen LogP contribution in [0.3, 0.4) is 0 Å². The van der Waals surface area contributed by atoms with Crippen LogP contribution >= 0.6 is 12.2 Å². The molecule has 6 nitrogen and oxygen atoms in total. The summed E-state index contributed by atoms with van der Waals surface area (Å²) in [6.07, 6.45) is 0. The molecular formula is C16H19N3O3S2. The molecule has 0 saturated carbocycles. The van der Waals surface area contributed by atoms with Gasteiger partial charge in [-0.1, -0.05) is 6.07 Å². The van der Waals surface area contributed by atoms with Crippen molar-refractivity contribution in [3.05, 3.63) is 48.0 Å². The number of anilines is 2. The van der Waals surface area contributed by atoms with Crippen molar-refractivity contribution in [1.29, 1.82) is 0 Å². The van der Waals surface area contributed by atoms with Crippen molar-refractivity contribution >= 4 is 38.7 Å². The summed E-state index contributed by atoms with van der Waals surface area (Å²) in [7, 11) is -0.487. The lowest BCUT2D eigenvalue weighted by atomic mass is 10.2. The minimum absolute atomic E-state index is 0.190. The van der Waals surface area contributed by atoms with E-state index in [0.29, 0.717) is 16.5 Å². The lowest BCUT2D eigenvalue weighted by molar-refractivity contribution is 0.417. The molecule has 24 heavy (non-hydrogen) atoms. The summed E-state index contributed by atoms with van der Waals surface area (Å²) in [6.45, 7) is 1.97. The van der Waals surface area contributed by atoms with E-state index in [9.17, 15) is 8.42 Å². The van der Waals surface area contributed by atoms with Crippen LogP contribution < -0.4 is 20.1 Å². The van der Waals surface area contributed by atoms with Gasteiger partial charge in [0.2, 0.25) is 10.0 Å². The van der Waals surface area contributed by atoms with Crippen molar-refractivity contribution in [2.75, 3.05) is 24.8 Å². The van der Waals surface area contributed by atoms with Crippen molar-refractivity contribution in [1.82, 2.24) is 4.72 Å². The Morgan fingerprint density at radius 3 is 2.33 bits per heavy atom. The van der Waals surface area contributed by atoms with E-state index < -0.39 is 10.0 Å². The predicted molar refractivity (Wildman–Crippen MR) is 100 cm³/mol. The average molecular weight is 365 g/mol. The van der Waals surface area contributed by atoms with E-state index in [2.05, 4.69) is 15.4 Å². The summed E-state index contributed by atoms with van der Waals surface area (Å²) < 4.78 is 31.0. The second-order valence-electron chi connectivity index (χ2n) is 5.01. The third kappa shape index (κ3) is 4.44. The Kier molecular flexibility index (Phi) is 5.76. The number of benzene rings is 2. The Balaban J connectivity index is 2.09. The van der Waals surface area contributed by atoms with Crippen molar-refractivity contribution in [2.24, 2.45) is 0 Å². The van der Waals surface area contributed by atoms with Gasteiger partial charge in [-0.2, -0.15) is 0 Å². The van der Waals surface area contributed by atoms with Crippen LogP contribution in [0.4, 0.5) is 11.4 Å². The second kappa shape index (κ2) is 7.61. The highest BCUT2D eigenvalue weighted by Gasteiger charge is 2.11. The molecule has 0 amide bonds. The highest BCUT2D eigenvalue weighted by atomic mass is 32.2. The molecule has 0 spiro atoms. The first-order valence-corrected chi connectivity index (χ1v) is 9.01. The Hall–Kier alpha value is -2.16. The van der Waals surface area contributed by atoms with Crippen molar-refractivity contribution < 1.29 is 13.2 Å². The lowest BCUT2D eigenvalue weighted by Gasteiger charge is -2.14. The maximum absolute atomic E-state index is 11.7. The van der Waals surface area contributed by atoms with Gasteiger partial charge in [0.05, 0.1) is 17.7 Å². The highest BCUT2D eigenvalue weighted by molar-refractivity contribution is 7.89. The van der Waals surface area contributed by atoms with E-state index >= 15 is 0 Å². The molecule has 0 fully saturated rings. The van der Waals surface area contributed by atoms with Gasteiger partial charge >= 0.3 is 0 Å². The molecule has 0 atom stereocenters. The normalized spacial score (nSPS) is 11.0.